The summed E-state index contributed by atoms with van der Waals surface area (Å²) in [5.41, 5.74) is 0. The summed E-state index contributed by atoms with van der Waals surface area (Å²) in [6, 6.07) is 0. The summed E-state index contributed by atoms with van der Waals surface area (Å²) in [4.78, 5) is 21.9. The highest BCUT2D eigenvalue weighted by molar-refractivity contribution is 5.75. The molecular weight excluding hydrogens is 366 g/mol. The van der Waals surface area contributed by atoms with E-state index in [9.17, 15) is 9.59 Å². The second-order valence-electron chi connectivity index (χ2n) is 7.81. The summed E-state index contributed by atoms with van der Waals surface area (Å²) in [7, 11) is 0. The van der Waals surface area contributed by atoms with Crippen LogP contribution in [0.2, 0.25) is 0 Å². The van der Waals surface area contributed by atoms with Crippen LogP contribution >= 0.6 is 0 Å². The van der Waals surface area contributed by atoms with Gasteiger partial charge in [-0.15, -0.1) is 0 Å². The molecule has 0 aromatic heterocycles. The predicted octanol–water partition coefficient (Wildman–Crippen LogP) is 5.60. The van der Waals surface area contributed by atoms with Gasteiger partial charge in [0.15, 0.2) is 0 Å². The Morgan fingerprint density at radius 2 is 1.17 bits per heavy atom. The van der Waals surface area contributed by atoms with E-state index in [-0.39, 0.29) is 5.91 Å². The van der Waals surface area contributed by atoms with Crippen molar-refractivity contribution in [1.29, 1.82) is 0 Å². The Bertz CT molecular complexity index is 350. The number of amides is 1. The number of carbonyl (C=O) groups excluding carboxylic acids is 2. The SMILES string of the molecule is CCOCCOCCNC(=O)CCCCCCCCCCCCCCCCC=O. The average Bonchev–Trinajstić information content (AvgIpc) is 2.72. The predicted molar refractivity (Wildman–Crippen MR) is 120 cm³/mol. The molecule has 0 unspecified atom stereocenters. The maximum absolute atomic E-state index is 11.7. The van der Waals surface area contributed by atoms with Gasteiger partial charge in [-0.1, -0.05) is 77.0 Å². The molecular formula is C24H47NO4. The molecule has 0 spiro atoms. The molecule has 0 aliphatic heterocycles. The lowest BCUT2D eigenvalue weighted by atomic mass is 10.0. The van der Waals surface area contributed by atoms with Crippen molar-refractivity contribution in [2.45, 2.75) is 110 Å². The van der Waals surface area contributed by atoms with Gasteiger partial charge in [-0.2, -0.15) is 0 Å². The summed E-state index contributed by atoms with van der Waals surface area (Å²) < 4.78 is 10.6. The largest absolute Gasteiger partial charge is 0.379 e. The molecule has 0 bridgehead atoms. The summed E-state index contributed by atoms with van der Waals surface area (Å²) in [5, 5.41) is 2.91. The van der Waals surface area contributed by atoms with Crippen LogP contribution in [-0.4, -0.2) is 45.2 Å². The van der Waals surface area contributed by atoms with E-state index in [0.717, 1.165) is 32.0 Å². The van der Waals surface area contributed by atoms with Gasteiger partial charge in [-0.25, -0.2) is 0 Å². The molecule has 1 amide bonds. The zero-order valence-electron chi connectivity index (χ0n) is 19.1. The molecule has 0 aromatic rings. The van der Waals surface area contributed by atoms with E-state index in [4.69, 9.17) is 9.47 Å². The van der Waals surface area contributed by atoms with Gasteiger partial charge in [0.25, 0.3) is 0 Å². The van der Waals surface area contributed by atoms with Crippen LogP contribution < -0.4 is 5.32 Å². The number of carbonyl (C=O) groups is 2. The van der Waals surface area contributed by atoms with Gasteiger partial charge in [0.1, 0.15) is 6.29 Å². The molecule has 5 nitrogen and oxygen atoms in total. The number of hydrogen-bond acceptors (Lipinski definition) is 4. The maximum atomic E-state index is 11.7. The fraction of sp³-hybridized carbons (Fsp3) is 0.917. The van der Waals surface area contributed by atoms with E-state index in [1.165, 1.54) is 70.6 Å². The molecule has 5 heteroatoms. The Labute approximate surface area is 179 Å². The van der Waals surface area contributed by atoms with Gasteiger partial charge in [-0.05, 0) is 19.8 Å². The Morgan fingerprint density at radius 3 is 1.69 bits per heavy atom. The molecule has 0 fully saturated rings. The van der Waals surface area contributed by atoms with Gasteiger partial charge in [-0.3, -0.25) is 4.79 Å². The highest BCUT2D eigenvalue weighted by Crippen LogP contribution is 2.13. The van der Waals surface area contributed by atoms with E-state index in [0.29, 0.717) is 39.4 Å². The summed E-state index contributed by atoms with van der Waals surface area (Å²) in [6.07, 6.45) is 20.1. The molecule has 1 N–H and O–H groups in total. The van der Waals surface area contributed by atoms with Crippen LogP contribution in [0.25, 0.3) is 0 Å². The van der Waals surface area contributed by atoms with E-state index >= 15 is 0 Å². The molecule has 0 atom stereocenters. The maximum Gasteiger partial charge on any atom is 0.220 e. The lowest BCUT2D eigenvalue weighted by Gasteiger charge is -2.07. The molecule has 29 heavy (non-hydrogen) atoms. The Morgan fingerprint density at radius 1 is 0.690 bits per heavy atom. The molecule has 0 radical (unpaired) electrons. The fourth-order valence-corrected chi connectivity index (χ4v) is 3.35. The summed E-state index contributed by atoms with van der Waals surface area (Å²) in [5.74, 6) is 0.141. The van der Waals surface area contributed by atoms with Crippen molar-refractivity contribution in [2.75, 3.05) is 33.0 Å². The van der Waals surface area contributed by atoms with E-state index in [1.807, 2.05) is 6.92 Å². The molecule has 172 valence electrons. The third-order valence-corrected chi connectivity index (χ3v) is 5.12. The van der Waals surface area contributed by atoms with Crippen LogP contribution in [0, 0.1) is 0 Å². The van der Waals surface area contributed by atoms with Crippen molar-refractivity contribution >= 4 is 12.2 Å². The van der Waals surface area contributed by atoms with Crippen LogP contribution in [0.5, 0.6) is 0 Å². The summed E-state index contributed by atoms with van der Waals surface area (Å²) >= 11 is 0. The van der Waals surface area contributed by atoms with E-state index in [1.54, 1.807) is 0 Å². The minimum atomic E-state index is 0.141. The number of aldehydes is 1. The van der Waals surface area contributed by atoms with Crippen molar-refractivity contribution in [3.8, 4) is 0 Å². The zero-order chi connectivity index (χ0) is 21.3. The Balaban J connectivity index is 3.12. The monoisotopic (exact) mass is 413 g/mol. The van der Waals surface area contributed by atoms with Gasteiger partial charge in [0.2, 0.25) is 5.91 Å². The van der Waals surface area contributed by atoms with Crippen LogP contribution in [0.4, 0.5) is 0 Å². The number of ether oxygens (including phenoxy) is 2. The van der Waals surface area contributed by atoms with Gasteiger partial charge >= 0.3 is 0 Å². The molecule has 0 aliphatic carbocycles. The lowest BCUT2D eigenvalue weighted by Crippen LogP contribution is -2.27. The molecule has 0 saturated heterocycles. The normalized spacial score (nSPS) is 10.9. The van der Waals surface area contributed by atoms with E-state index < -0.39 is 0 Å². The van der Waals surface area contributed by atoms with Crippen LogP contribution in [-0.2, 0) is 19.1 Å². The number of hydrogen-bond donors (Lipinski definition) is 1. The standard InChI is InChI=1S/C24H47NO4/c1-2-28-22-23-29-21-19-25-24(27)18-16-14-12-10-8-6-4-3-5-7-9-11-13-15-17-20-26/h20H,2-19,21-23H2,1H3,(H,25,27). The number of nitrogens with one attached hydrogen (secondary N) is 1. The van der Waals surface area contributed by atoms with Gasteiger partial charge in [0, 0.05) is 26.0 Å². The first kappa shape index (κ1) is 28.1. The van der Waals surface area contributed by atoms with E-state index in [2.05, 4.69) is 5.32 Å². The first-order valence-corrected chi connectivity index (χ1v) is 12.2. The van der Waals surface area contributed by atoms with Crippen molar-refractivity contribution < 1.29 is 19.1 Å². The van der Waals surface area contributed by atoms with Gasteiger partial charge < -0.3 is 19.6 Å². The zero-order valence-corrected chi connectivity index (χ0v) is 19.1. The fourth-order valence-electron chi connectivity index (χ4n) is 3.35. The minimum Gasteiger partial charge on any atom is -0.379 e. The Kier molecular flexibility index (Phi) is 24.3. The highest BCUT2D eigenvalue weighted by atomic mass is 16.5. The topological polar surface area (TPSA) is 64.6 Å². The average molecular weight is 414 g/mol. The lowest BCUT2D eigenvalue weighted by molar-refractivity contribution is -0.121. The van der Waals surface area contributed by atoms with Crippen LogP contribution in [0.1, 0.15) is 110 Å². The molecule has 0 aliphatic rings. The van der Waals surface area contributed by atoms with Crippen molar-refractivity contribution in [1.82, 2.24) is 5.32 Å². The Hall–Kier alpha value is -0.940. The first-order chi connectivity index (χ1) is 14.3. The van der Waals surface area contributed by atoms with Crippen LogP contribution in [0.3, 0.4) is 0 Å². The van der Waals surface area contributed by atoms with Crippen LogP contribution in [0.15, 0.2) is 0 Å². The van der Waals surface area contributed by atoms with Crippen molar-refractivity contribution in [2.24, 2.45) is 0 Å². The first-order valence-electron chi connectivity index (χ1n) is 12.2. The van der Waals surface area contributed by atoms with Gasteiger partial charge in [0.05, 0.1) is 19.8 Å². The third kappa shape index (κ3) is 25.0. The second-order valence-corrected chi connectivity index (χ2v) is 7.81. The molecule has 0 rings (SSSR count). The summed E-state index contributed by atoms with van der Waals surface area (Å²) in [6.45, 7) is 5.03. The quantitative estimate of drug-likeness (QED) is 0.165. The number of rotatable bonds is 24. The molecule has 0 saturated carbocycles. The second kappa shape index (κ2) is 25.1. The van der Waals surface area contributed by atoms with Crippen molar-refractivity contribution in [3.63, 3.8) is 0 Å². The highest BCUT2D eigenvalue weighted by Gasteiger charge is 2.00. The molecule has 0 aromatic carbocycles. The minimum absolute atomic E-state index is 0.141. The van der Waals surface area contributed by atoms with Crippen molar-refractivity contribution in [3.05, 3.63) is 0 Å². The third-order valence-electron chi connectivity index (χ3n) is 5.12. The molecule has 0 heterocycles. The smallest absolute Gasteiger partial charge is 0.220 e. The number of unbranched alkanes of at least 4 members (excludes halogenated alkanes) is 14.